The van der Waals surface area contributed by atoms with Crippen LogP contribution < -0.4 is 60.6 Å². The average Bonchev–Trinajstić information content (AvgIpc) is 3.03. The number of aliphatic hydroxyl groups excluding tert-OH is 3. The van der Waals surface area contributed by atoms with Crippen molar-refractivity contribution in [3.63, 3.8) is 0 Å². The molecule has 22 heteroatoms. The maximum absolute atomic E-state index is 13.3. The van der Waals surface area contributed by atoms with Gasteiger partial charge in [0, 0.05) is 0 Å². The van der Waals surface area contributed by atoms with Crippen molar-refractivity contribution in [1.29, 1.82) is 0 Å². The van der Waals surface area contributed by atoms with E-state index < -0.39 is 102 Å². The van der Waals surface area contributed by atoms with Gasteiger partial charge in [0.25, 0.3) is 0 Å². The van der Waals surface area contributed by atoms with Gasteiger partial charge in [-0.15, -0.1) is 0 Å². The molecular weight excluding hydrogens is 666 g/mol. The van der Waals surface area contributed by atoms with Gasteiger partial charge in [-0.25, -0.2) is 4.79 Å². The molecule has 0 radical (unpaired) electrons. The third-order valence-corrected chi connectivity index (χ3v) is 7.25. The topological polar surface area (TPSA) is 403 Å². The van der Waals surface area contributed by atoms with E-state index in [2.05, 4.69) is 31.9 Å². The van der Waals surface area contributed by atoms with E-state index in [0.717, 1.165) is 20.8 Å². The lowest BCUT2D eigenvalue weighted by Gasteiger charge is -2.29. The van der Waals surface area contributed by atoms with Crippen molar-refractivity contribution in [3.05, 3.63) is 0 Å². The number of hydrogen-bond donors (Lipinski definition) is 15. The van der Waals surface area contributed by atoms with Gasteiger partial charge in [0.05, 0.1) is 24.4 Å². The fraction of sp³-hybridized carbons (Fsp3) is 0.750. The SMILES string of the molecule is C[C@@H](O)[C@H](NC(=O)[C@H](CCN)NC(=O)[C@H](CCN)NC(=O)[C@@H](NC(=O)[C@@H](NC(=O)[C@H](CCN)NC(=O)[C@@H](N)CCN)[C@@H](C)O)[C@@H](C)O)C(=O)O. The largest absolute Gasteiger partial charge is 0.480 e. The minimum absolute atomic E-state index is 0.0553. The molecule has 6 amide bonds. The molecule has 50 heavy (non-hydrogen) atoms. The average molecular weight is 722 g/mol. The molecule has 20 N–H and O–H groups in total. The molecule has 22 nitrogen and oxygen atoms in total. The van der Waals surface area contributed by atoms with Gasteiger partial charge in [0.2, 0.25) is 35.4 Å². The van der Waals surface area contributed by atoms with E-state index in [4.69, 9.17) is 28.7 Å². The third kappa shape index (κ3) is 15.7. The molecule has 0 heterocycles. The Morgan fingerprint density at radius 2 is 0.740 bits per heavy atom. The molecule has 0 saturated carbocycles. The molecule has 0 aromatic heterocycles. The predicted octanol–water partition coefficient (Wildman–Crippen LogP) is -8.16. The highest BCUT2D eigenvalue weighted by Crippen LogP contribution is 2.04. The lowest BCUT2D eigenvalue weighted by molar-refractivity contribution is -0.145. The molecule has 0 aliphatic heterocycles. The van der Waals surface area contributed by atoms with Crippen molar-refractivity contribution in [3.8, 4) is 0 Å². The lowest BCUT2D eigenvalue weighted by atomic mass is 10.1. The number of hydrogen-bond acceptors (Lipinski definition) is 15. The van der Waals surface area contributed by atoms with E-state index in [9.17, 15) is 54.0 Å². The number of carbonyl (C=O) groups excluding carboxylic acids is 6. The van der Waals surface area contributed by atoms with Gasteiger partial charge in [0.1, 0.15) is 30.2 Å². The number of nitrogens with one attached hydrogen (secondary N) is 6. The standard InChI is InChI=1S/C28H55N11O11/c1-12(40)19(38-27(48)20(13(2)41)37-24(45)17(6-10-31)34-22(43)15(33)4-8-29)26(47)36-16(5-9-30)23(44)35-18(7-11-32)25(46)39-21(14(3)42)28(49)50/h12-21,40-42H,4-11,29-33H2,1-3H3,(H,34,43)(H,35,44)(H,36,47)(H,37,45)(H,38,48)(H,39,46)(H,49,50)/t12-,13-,14-,15+,16+,17+,18+,19+,20+,21+/m1/s1. The first kappa shape index (κ1) is 46.0. The molecule has 0 rings (SSSR count). The van der Waals surface area contributed by atoms with Crippen molar-refractivity contribution in [2.45, 2.75) is 107 Å². The Labute approximate surface area is 289 Å². The molecule has 0 bridgehead atoms. The number of aliphatic hydroxyl groups is 3. The Balaban J connectivity index is 5.91. The fourth-order valence-corrected chi connectivity index (χ4v) is 4.38. The summed E-state index contributed by atoms with van der Waals surface area (Å²) in [5.41, 5.74) is 27.9. The van der Waals surface area contributed by atoms with Gasteiger partial charge < -0.3 is 81.0 Å². The van der Waals surface area contributed by atoms with E-state index in [-0.39, 0.29) is 51.9 Å². The first-order chi connectivity index (χ1) is 23.4. The van der Waals surface area contributed by atoms with Crippen LogP contribution in [0, 0.1) is 0 Å². The highest BCUT2D eigenvalue weighted by molar-refractivity contribution is 5.97. The summed E-state index contributed by atoms with van der Waals surface area (Å²) in [5.74, 6) is -7.32. The maximum Gasteiger partial charge on any atom is 0.328 e. The zero-order valence-electron chi connectivity index (χ0n) is 28.5. The van der Waals surface area contributed by atoms with Crippen molar-refractivity contribution in [2.75, 3.05) is 26.2 Å². The summed E-state index contributed by atoms with van der Waals surface area (Å²) in [6, 6.07) is -10.3. The lowest BCUT2D eigenvalue weighted by Crippen LogP contribution is -2.63. The highest BCUT2D eigenvalue weighted by Gasteiger charge is 2.36. The summed E-state index contributed by atoms with van der Waals surface area (Å²) in [5, 5.41) is 53.3. The second-order valence-electron chi connectivity index (χ2n) is 11.6. The number of amides is 6. The van der Waals surface area contributed by atoms with Crippen LogP contribution >= 0.6 is 0 Å². The maximum atomic E-state index is 13.3. The van der Waals surface area contributed by atoms with Crippen LogP contribution in [-0.2, 0) is 33.6 Å². The first-order valence-corrected chi connectivity index (χ1v) is 16.0. The Morgan fingerprint density at radius 1 is 0.460 bits per heavy atom. The number of nitrogens with two attached hydrogens (primary N) is 5. The van der Waals surface area contributed by atoms with Gasteiger partial charge in [-0.1, -0.05) is 0 Å². The number of carboxylic acid groups (broad SMARTS) is 1. The molecule has 288 valence electrons. The molecule has 0 aliphatic rings. The van der Waals surface area contributed by atoms with Gasteiger partial charge in [-0.2, -0.15) is 0 Å². The van der Waals surface area contributed by atoms with Crippen LogP contribution in [0.1, 0.15) is 46.5 Å². The molecule has 0 spiro atoms. The normalized spacial score (nSPS) is 17.2. The molecular formula is C28H55N11O11. The number of aliphatic carboxylic acids is 1. The minimum atomic E-state index is -1.76. The van der Waals surface area contributed by atoms with Crippen LogP contribution in [0.3, 0.4) is 0 Å². The zero-order valence-corrected chi connectivity index (χ0v) is 28.5. The number of carbonyl (C=O) groups is 7. The van der Waals surface area contributed by atoms with Crippen molar-refractivity contribution in [2.24, 2.45) is 28.7 Å². The van der Waals surface area contributed by atoms with Crippen LogP contribution in [0.4, 0.5) is 0 Å². The van der Waals surface area contributed by atoms with Gasteiger partial charge in [-0.05, 0) is 72.6 Å². The second-order valence-corrected chi connectivity index (χ2v) is 11.6. The van der Waals surface area contributed by atoms with Gasteiger partial charge >= 0.3 is 5.97 Å². The highest BCUT2D eigenvalue weighted by atomic mass is 16.4. The molecule has 0 unspecified atom stereocenters. The summed E-state index contributed by atoms with van der Waals surface area (Å²) < 4.78 is 0. The third-order valence-electron chi connectivity index (χ3n) is 7.25. The smallest absolute Gasteiger partial charge is 0.328 e. The van der Waals surface area contributed by atoms with Crippen LogP contribution in [0.2, 0.25) is 0 Å². The van der Waals surface area contributed by atoms with Crippen LogP contribution in [0.15, 0.2) is 0 Å². The molecule has 0 aromatic carbocycles. The quantitative estimate of drug-likeness (QED) is 0.0440. The van der Waals surface area contributed by atoms with E-state index in [1.54, 1.807) is 0 Å². The van der Waals surface area contributed by atoms with Crippen LogP contribution in [0.5, 0.6) is 0 Å². The fourth-order valence-electron chi connectivity index (χ4n) is 4.38. The Bertz CT molecular complexity index is 1140. The van der Waals surface area contributed by atoms with Crippen molar-refractivity contribution >= 4 is 41.4 Å². The molecule has 0 saturated heterocycles. The second kappa shape index (κ2) is 23.4. The van der Waals surface area contributed by atoms with Crippen molar-refractivity contribution < 1.29 is 54.0 Å². The zero-order chi connectivity index (χ0) is 38.7. The van der Waals surface area contributed by atoms with E-state index in [0.29, 0.717) is 0 Å². The Kier molecular flexibility index (Phi) is 21.5. The number of carboxylic acids is 1. The van der Waals surface area contributed by atoms with E-state index in [1.807, 2.05) is 0 Å². The molecule has 0 aliphatic carbocycles. The number of rotatable bonds is 24. The summed E-state index contributed by atoms with van der Waals surface area (Å²) in [6.07, 6.45) is -4.94. The summed E-state index contributed by atoms with van der Waals surface area (Å²) in [4.78, 5) is 89.2. The van der Waals surface area contributed by atoms with Crippen LogP contribution in [-0.4, -0.2) is 149 Å². The summed E-state index contributed by atoms with van der Waals surface area (Å²) in [7, 11) is 0. The molecule has 10 atom stereocenters. The predicted molar refractivity (Wildman–Crippen MR) is 177 cm³/mol. The van der Waals surface area contributed by atoms with Crippen molar-refractivity contribution in [1.82, 2.24) is 31.9 Å². The van der Waals surface area contributed by atoms with E-state index >= 15 is 0 Å². The van der Waals surface area contributed by atoms with Gasteiger partial charge in [-0.3, -0.25) is 28.8 Å². The molecule has 0 aromatic rings. The Hall–Kier alpha value is -4.03. The molecule has 0 fully saturated rings. The monoisotopic (exact) mass is 721 g/mol. The summed E-state index contributed by atoms with van der Waals surface area (Å²) >= 11 is 0. The minimum Gasteiger partial charge on any atom is -0.480 e. The Morgan fingerprint density at radius 3 is 1.08 bits per heavy atom. The summed E-state index contributed by atoms with van der Waals surface area (Å²) in [6.45, 7) is 3.20. The first-order valence-electron chi connectivity index (χ1n) is 16.0. The van der Waals surface area contributed by atoms with Gasteiger partial charge in [0.15, 0.2) is 6.04 Å². The van der Waals surface area contributed by atoms with E-state index in [1.165, 1.54) is 0 Å². The van der Waals surface area contributed by atoms with Crippen LogP contribution in [0.25, 0.3) is 0 Å².